The second-order valence-corrected chi connectivity index (χ2v) is 4.87. The van der Waals surface area contributed by atoms with Gasteiger partial charge in [-0.25, -0.2) is 0 Å². The SMILES string of the molecule is O=c1c(O)c2c(=O)c3c(=O)c(O)c(O)c(=O)c3c(=O)c2c(O)c1=O. The molecule has 0 aromatic heterocycles. The molecule has 10 nitrogen and oxygen atoms in total. The Balaban J connectivity index is 3.02. The van der Waals surface area contributed by atoms with E-state index >= 15 is 0 Å². The van der Waals surface area contributed by atoms with Crippen molar-refractivity contribution < 1.29 is 20.4 Å². The Hall–Kier alpha value is -3.82. The molecule has 3 aromatic carbocycles. The lowest BCUT2D eigenvalue weighted by molar-refractivity contribution is 0.398. The Kier molecular flexibility index (Phi) is 2.73. The van der Waals surface area contributed by atoms with Gasteiger partial charge in [0.05, 0.1) is 21.5 Å². The second kappa shape index (κ2) is 4.35. The molecular weight excluding hydrogens is 328 g/mol. The minimum Gasteiger partial charge on any atom is -0.503 e. The quantitative estimate of drug-likeness (QED) is 0.146. The normalized spacial score (nSPS) is 11.3. The van der Waals surface area contributed by atoms with Crippen molar-refractivity contribution in [2.24, 2.45) is 0 Å². The van der Waals surface area contributed by atoms with Gasteiger partial charge in [-0.05, 0) is 0 Å². The van der Waals surface area contributed by atoms with E-state index < -0.39 is 77.1 Å². The van der Waals surface area contributed by atoms with Gasteiger partial charge >= 0.3 is 0 Å². The zero-order chi connectivity index (χ0) is 18.1. The number of aromatic hydroxyl groups is 4. The number of benzene rings is 3. The van der Waals surface area contributed by atoms with E-state index in [1.54, 1.807) is 0 Å². The molecule has 24 heavy (non-hydrogen) atoms. The number of rotatable bonds is 0. The molecule has 0 amide bonds. The molecule has 0 radical (unpaired) electrons. The maximum atomic E-state index is 12.3. The third-order valence-corrected chi connectivity index (χ3v) is 3.63. The van der Waals surface area contributed by atoms with Crippen LogP contribution in [0.3, 0.4) is 0 Å². The maximum absolute atomic E-state index is 12.3. The average Bonchev–Trinajstić information content (AvgIpc) is 2.55. The lowest BCUT2D eigenvalue weighted by atomic mass is 9.99. The van der Waals surface area contributed by atoms with Crippen molar-refractivity contribution in [1.29, 1.82) is 0 Å². The van der Waals surface area contributed by atoms with Crippen LogP contribution in [-0.4, -0.2) is 20.4 Å². The number of fused-ring (bicyclic) bond motifs is 2. The molecule has 3 rings (SSSR count). The van der Waals surface area contributed by atoms with Crippen LogP contribution in [-0.2, 0) is 0 Å². The first-order valence-electron chi connectivity index (χ1n) is 6.12. The summed E-state index contributed by atoms with van der Waals surface area (Å²) in [7, 11) is 0. The van der Waals surface area contributed by atoms with Gasteiger partial charge in [-0.3, -0.25) is 28.8 Å². The fourth-order valence-electron chi connectivity index (χ4n) is 2.48. The summed E-state index contributed by atoms with van der Waals surface area (Å²) in [5.74, 6) is -5.93. The van der Waals surface area contributed by atoms with Crippen LogP contribution in [0.25, 0.3) is 21.5 Å². The first-order valence-corrected chi connectivity index (χ1v) is 6.12. The van der Waals surface area contributed by atoms with Gasteiger partial charge in [0.2, 0.25) is 33.2 Å². The van der Waals surface area contributed by atoms with Crippen LogP contribution in [0.5, 0.6) is 23.0 Å². The minimum atomic E-state index is -1.69. The molecule has 0 aliphatic carbocycles. The van der Waals surface area contributed by atoms with E-state index in [2.05, 4.69) is 0 Å². The fraction of sp³-hybridized carbons (Fsp3) is 0. The van der Waals surface area contributed by atoms with E-state index in [1.165, 1.54) is 0 Å². The summed E-state index contributed by atoms with van der Waals surface area (Å²) in [5, 5.41) is 33.4. The number of hydrogen-bond acceptors (Lipinski definition) is 10. The summed E-state index contributed by atoms with van der Waals surface area (Å²) in [6.07, 6.45) is 0. The van der Waals surface area contributed by atoms with Crippen LogP contribution in [0.4, 0.5) is 0 Å². The summed E-state index contributed by atoms with van der Waals surface area (Å²) in [6.45, 7) is 0. The first kappa shape index (κ1) is 15.1. The van der Waals surface area contributed by atoms with Crippen LogP contribution in [0.1, 0.15) is 0 Å². The Bertz CT molecular complexity index is 1290. The molecule has 0 atom stereocenters. The smallest absolute Gasteiger partial charge is 0.271 e. The van der Waals surface area contributed by atoms with Crippen LogP contribution < -0.4 is 32.6 Å². The Morgan fingerprint density at radius 1 is 0.333 bits per heavy atom. The lowest BCUT2D eigenvalue weighted by Crippen LogP contribution is -2.30. The molecule has 4 N–H and O–H groups in total. The van der Waals surface area contributed by atoms with Gasteiger partial charge in [0.25, 0.3) is 10.9 Å². The van der Waals surface area contributed by atoms with Crippen molar-refractivity contribution in [3.05, 3.63) is 61.3 Å². The summed E-state index contributed by atoms with van der Waals surface area (Å²) in [6, 6.07) is 0. The molecule has 0 spiro atoms. The third kappa shape index (κ3) is 1.48. The van der Waals surface area contributed by atoms with Crippen LogP contribution in [0, 0.1) is 0 Å². The van der Waals surface area contributed by atoms with E-state index in [1.807, 2.05) is 0 Å². The van der Waals surface area contributed by atoms with E-state index in [4.69, 9.17) is 0 Å². The highest BCUT2D eigenvalue weighted by molar-refractivity contribution is 6.03. The Morgan fingerprint density at radius 3 is 0.917 bits per heavy atom. The lowest BCUT2D eigenvalue weighted by Gasteiger charge is -2.04. The van der Waals surface area contributed by atoms with E-state index in [0.717, 1.165) is 0 Å². The van der Waals surface area contributed by atoms with Crippen LogP contribution in [0.15, 0.2) is 28.8 Å². The molecular formula is C14H4O10. The molecule has 0 fully saturated rings. The monoisotopic (exact) mass is 332 g/mol. The van der Waals surface area contributed by atoms with Crippen molar-refractivity contribution in [2.75, 3.05) is 0 Å². The predicted molar refractivity (Wildman–Crippen MR) is 79.3 cm³/mol. The Labute approximate surface area is 127 Å². The van der Waals surface area contributed by atoms with Gasteiger partial charge < -0.3 is 20.4 Å². The molecule has 0 saturated carbocycles. The van der Waals surface area contributed by atoms with Gasteiger partial charge in [-0.1, -0.05) is 0 Å². The van der Waals surface area contributed by atoms with Crippen molar-refractivity contribution in [3.8, 4) is 23.0 Å². The number of phenols is 4. The molecule has 10 heteroatoms. The van der Waals surface area contributed by atoms with Crippen LogP contribution in [0.2, 0.25) is 0 Å². The molecule has 0 bridgehead atoms. The van der Waals surface area contributed by atoms with Gasteiger partial charge in [-0.15, -0.1) is 0 Å². The maximum Gasteiger partial charge on any atom is 0.271 e. The minimum absolute atomic E-state index is 1.13. The van der Waals surface area contributed by atoms with Crippen molar-refractivity contribution in [3.63, 3.8) is 0 Å². The van der Waals surface area contributed by atoms with Gasteiger partial charge in [0, 0.05) is 0 Å². The highest BCUT2D eigenvalue weighted by Gasteiger charge is 2.27. The summed E-state index contributed by atoms with van der Waals surface area (Å²) >= 11 is 0. The van der Waals surface area contributed by atoms with Crippen molar-refractivity contribution in [2.45, 2.75) is 0 Å². The van der Waals surface area contributed by atoms with Gasteiger partial charge in [0.15, 0.2) is 11.5 Å². The molecule has 0 saturated heterocycles. The standard InChI is InChI=1S/C14H4O10/c15-5-1-2(8(18)12(22)11(21)7(1)17)6(16)4-3(5)9(19)13(23)14(24)10(4)20/h17-18,23-24H. The van der Waals surface area contributed by atoms with Crippen molar-refractivity contribution >= 4 is 21.5 Å². The summed E-state index contributed by atoms with van der Waals surface area (Å²) in [4.78, 5) is 71.4. The van der Waals surface area contributed by atoms with Gasteiger partial charge in [-0.2, -0.15) is 0 Å². The number of phenolic OH excluding ortho intramolecular Hbond substituents is 4. The summed E-state index contributed by atoms with van der Waals surface area (Å²) in [5.41, 5.74) is -9.58. The van der Waals surface area contributed by atoms with Gasteiger partial charge in [0.1, 0.15) is 0 Å². The zero-order valence-corrected chi connectivity index (χ0v) is 11.2. The molecule has 0 unspecified atom stereocenters. The highest BCUT2D eigenvalue weighted by atomic mass is 16.3. The highest BCUT2D eigenvalue weighted by Crippen LogP contribution is 2.23. The Morgan fingerprint density at radius 2 is 0.625 bits per heavy atom. The molecule has 0 heterocycles. The number of hydrogen-bond donors (Lipinski definition) is 4. The first-order chi connectivity index (χ1) is 11.1. The topological polar surface area (TPSA) is 183 Å². The van der Waals surface area contributed by atoms with Crippen LogP contribution >= 0.6 is 0 Å². The predicted octanol–water partition coefficient (Wildman–Crippen LogP) is -2.71. The average molecular weight is 332 g/mol. The second-order valence-electron chi connectivity index (χ2n) is 4.87. The molecule has 120 valence electrons. The van der Waals surface area contributed by atoms with E-state index in [9.17, 15) is 49.2 Å². The molecule has 0 aliphatic heterocycles. The fourth-order valence-corrected chi connectivity index (χ4v) is 2.48. The van der Waals surface area contributed by atoms with E-state index in [0.29, 0.717) is 0 Å². The third-order valence-electron chi connectivity index (χ3n) is 3.63. The van der Waals surface area contributed by atoms with E-state index in [-0.39, 0.29) is 0 Å². The van der Waals surface area contributed by atoms with Crippen molar-refractivity contribution in [1.82, 2.24) is 0 Å². The largest absolute Gasteiger partial charge is 0.503 e. The zero-order valence-electron chi connectivity index (χ0n) is 11.2. The molecule has 0 aliphatic rings. The molecule has 3 aromatic rings. The summed E-state index contributed by atoms with van der Waals surface area (Å²) < 4.78 is 0.